The summed E-state index contributed by atoms with van der Waals surface area (Å²) in [6, 6.07) is 0. The maximum absolute atomic E-state index is 9.99. The third kappa shape index (κ3) is 1.49. The van der Waals surface area contributed by atoms with Crippen LogP contribution < -0.4 is 0 Å². The number of aliphatic hydroxyl groups excluding tert-OH is 1. The summed E-state index contributed by atoms with van der Waals surface area (Å²) in [6.45, 7) is 6.25. The van der Waals surface area contributed by atoms with Gasteiger partial charge < -0.3 is 14.6 Å². The number of rotatable bonds is 1. The lowest BCUT2D eigenvalue weighted by Crippen LogP contribution is -2.44. The number of hydrogen-bond donors (Lipinski definition) is 1. The van der Waals surface area contributed by atoms with E-state index in [-0.39, 0.29) is 24.6 Å². The molecule has 1 N–H and O–H groups in total. The summed E-state index contributed by atoms with van der Waals surface area (Å²) in [5, 5.41) is 9.99. The molecule has 2 fully saturated rings. The molecule has 0 aliphatic carbocycles. The summed E-state index contributed by atoms with van der Waals surface area (Å²) in [5.74, 6) is 0.825. The van der Waals surface area contributed by atoms with Gasteiger partial charge in [-0.25, -0.2) is 0 Å². The van der Waals surface area contributed by atoms with Gasteiger partial charge in [0.25, 0.3) is 0 Å². The Bertz CT molecular complexity index is 193. The Morgan fingerprint density at radius 3 is 2.62 bits per heavy atom. The van der Waals surface area contributed by atoms with Gasteiger partial charge in [0.05, 0.1) is 12.2 Å². The average Bonchev–Trinajstić information content (AvgIpc) is 2.36. The molecule has 5 atom stereocenters. The molecule has 76 valence electrons. The van der Waals surface area contributed by atoms with E-state index < -0.39 is 0 Å². The topological polar surface area (TPSA) is 38.7 Å². The van der Waals surface area contributed by atoms with Crippen LogP contribution in [-0.2, 0) is 9.47 Å². The fraction of sp³-hybridized carbons (Fsp3) is 1.00. The van der Waals surface area contributed by atoms with Crippen molar-refractivity contribution in [3.8, 4) is 0 Å². The van der Waals surface area contributed by atoms with Gasteiger partial charge >= 0.3 is 0 Å². The molecule has 0 spiro atoms. The molecule has 0 aromatic rings. The molecule has 0 amide bonds. The Morgan fingerprint density at radius 1 is 1.31 bits per heavy atom. The van der Waals surface area contributed by atoms with E-state index in [2.05, 4.69) is 13.8 Å². The number of aliphatic hydroxyl groups is 1. The third-order valence-corrected chi connectivity index (χ3v) is 3.23. The lowest BCUT2D eigenvalue weighted by Gasteiger charge is -2.34. The molecule has 3 heteroatoms. The fourth-order valence-electron chi connectivity index (χ4n) is 2.38. The Kier molecular flexibility index (Phi) is 2.34. The van der Waals surface area contributed by atoms with Crippen molar-refractivity contribution in [3.63, 3.8) is 0 Å². The van der Waals surface area contributed by atoms with Crippen LogP contribution in [-0.4, -0.2) is 29.7 Å². The smallest absolute Gasteiger partial charge is 0.159 e. The molecule has 2 bridgehead atoms. The molecule has 0 saturated carbocycles. The molecule has 0 aromatic carbocycles. The Morgan fingerprint density at radius 2 is 2.00 bits per heavy atom. The lowest BCUT2D eigenvalue weighted by molar-refractivity contribution is -0.151. The van der Waals surface area contributed by atoms with Crippen molar-refractivity contribution in [1.82, 2.24) is 0 Å². The highest BCUT2D eigenvalue weighted by molar-refractivity contribution is 4.91. The Balaban J connectivity index is 2.12. The van der Waals surface area contributed by atoms with Crippen LogP contribution in [0.3, 0.4) is 0 Å². The molecule has 2 saturated heterocycles. The van der Waals surface area contributed by atoms with Gasteiger partial charge in [-0.05, 0) is 18.8 Å². The highest BCUT2D eigenvalue weighted by atomic mass is 16.7. The van der Waals surface area contributed by atoms with Gasteiger partial charge in [-0.15, -0.1) is 0 Å². The molecule has 0 aromatic heterocycles. The van der Waals surface area contributed by atoms with E-state index in [9.17, 15) is 5.11 Å². The molecular weight excluding hydrogens is 168 g/mol. The van der Waals surface area contributed by atoms with Gasteiger partial charge in [0, 0.05) is 6.42 Å². The summed E-state index contributed by atoms with van der Waals surface area (Å²) < 4.78 is 11.1. The molecule has 0 radical (unpaired) electrons. The largest absolute Gasteiger partial charge is 0.390 e. The van der Waals surface area contributed by atoms with Gasteiger partial charge in [0.2, 0.25) is 0 Å². The first-order valence-electron chi connectivity index (χ1n) is 5.08. The van der Waals surface area contributed by atoms with Gasteiger partial charge in [-0.2, -0.15) is 0 Å². The minimum Gasteiger partial charge on any atom is -0.390 e. The van der Waals surface area contributed by atoms with Crippen molar-refractivity contribution in [2.45, 2.75) is 51.8 Å². The van der Waals surface area contributed by atoms with Gasteiger partial charge in [-0.3, -0.25) is 0 Å². The predicted molar refractivity (Wildman–Crippen MR) is 48.2 cm³/mol. The number of fused-ring (bicyclic) bond motifs is 2. The maximum atomic E-state index is 9.99. The summed E-state index contributed by atoms with van der Waals surface area (Å²) in [4.78, 5) is 0. The highest BCUT2D eigenvalue weighted by Crippen LogP contribution is 2.38. The number of hydrogen-bond acceptors (Lipinski definition) is 3. The van der Waals surface area contributed by atoms with Crippen LogP contribution in [0.4, 0.5) is 0 Å². The van der Waals surface area contributed by atoms with Crippen LogP contribution in [0.25, 0.3) is 0 Å². The molecule has 2 rings (SSSR count). The van der Waals surface area contributed by atoms with Crippen molar-refractivity contribution in [2.24, 2.45) is 11.8 Å². The summed E-state index contributed by atoms with van der Waals surface area (Å²) in [5.41, 5.74) is 0. The van der Waals surface area contributed by atoms with Crippen molar-refractivity contribution >= 4 is 0 Å². The van der Waals surface area contributed by atoms with E-state index in [1.165, 1.54) is 0 Å². The second kappa shape index (κ2) is 3.23. The van der Waals surface area contributed by atoms with E-state index in [4.69, 9.17) is 9.47 Å². The Hall–Kier alpha value is -0.120. The molecular formula is C10H18O3. The first-order valence-corrected chi connectivity index (χ1v) is 5.08. The second-order valence-corrected chi connectivity index (χ2v) is 4.51. The van der Waals surface area contributed by atoms with Gasteiger partial charge in [0.15, 0.2) is 6.29 Å². The first-order chi connectivity index (χ1) is 6.09. The summed E-state index contributed by atoms with van der Waals surface area (Å²) >= 11 is 0. The first kappa shape index (κ1) is 9.44. The van der Waals surface area contributed by atoms with E-state index in [0.717, 1.165) is 6.42 Å². The minimum atomic E-state index is -0.353. The van der Waals surface area contributed by atoms with Crippen molar-refractivity contribution in [1.29, 1.82) is 0 Å². The summed E-state index contributed by atoms with van der Waals surface area (Å²) in [6.07, 6.45) is 0.346. The zero-order chi connectivity index (χ0) is 9.59. The van der Waals surface area contributed by atoms with Crippen molar-refractivity contribution in [2.75, 3.05) is 0 Å². The standard InChI is InChI=1S/C10H18O3/c1-5(2)7-4-8-12-6(3)10(13-8)9(7)11/h5-11H,4H2,1-3H3/t6-,7+,8+,9+,10+/m1/s1. The summed E-state index contributed by atoms with van der Waals surface area (Å²) in [7, 11) is 0. The van der Waals surface area contributed by atoms with Crippen LogP contribution >= 0.6 is 0 Å². The van der Waals surface area contributed by atoms with Crippen molar-refractivity contribution < 1.29 is 14.6 Å². The Labute approximate surface area is 79.0 Å². The molecule has 13 heavy (non-hydrogen) atoms. The van der Waals surface area contributed by atoms with E-state index in [1.807, 2.05) is 6.92 Å². The van der Waals surface area contributed by atoms with E-state index in [0.29, 0.717) is 11.8 Å². The van der Waals surface area contributed by atoms with Crippen molar-refractivity contribution in [3.05, 3.63) is 0 Å². The van der Waals surface area contributed by atoms with Crippen LogP contribution in [0.15, 0.2) is 0 Å². The fourth-order valence-corrected chi connectivity index (χ4v) is 2.38. The van der Waals surface area contributed by atoms with Gasteiger partial charge in [-0.1, -0.05) is 13.8 Å². The van der Waals surface area contributed by atoms with Crippen LogP contribution in [0.2, 0.25) is 0 Å². The molecule has 0 unspecified atom stereocenters. The van der Waals surface area contributed by atoms with Crippen LogP contribution in [0.5, 0.6) is 0 Å². The van der Waals surface area contributed by atoms with E-state index in [1.54, 1.807) is 0 Å². The average molecular weight is 186 g/mol. The van der Waals surface area contributed by atoms with Crippen LogP contribution in [0.1, 0.15) is 27.2 Å². The molecule has 3 nitrogen and oxygen atoms in total. The van der Waals surface area contributed by atoms with Gasteiger partial charge in [0.1, 0.15) is 6.10 Å². The number of ether oxygens (including phenoxy) is 2. The third-order valence-electron chi connectivity index (χ3n) is 3.23. The highest BCUT2D eigenvalue weighted by Gasteiger charge is 2.47. The quantitative estimate of drug-likeness (QED) is 0.667. The lowest BCUT2D eigenvalue weighted by atomic mass is 9.83. The molecule has 2 heterocycles. The van der Waals surface area contributed by atoms with E-state index >= 15 is 0 Å². The SMILES string of the molecule is CC(C)[C@@H]1C[C@@H]2O[C@H]([C@H]1O)[C@@H](C)O2. The second-order valence-electron chi connectivity index (χ2n) is 4.51. The molecule has 2 aliphatic rings. The van der Waals surface area contributed by atoms with Crippen LogP contribution in [0, 0.1) is 11.8 Å². The maximum Gasteiger partial charge on any atom is 0.159 e. The predicted octanol–water partition coefficient (Wildman–Crippen LogP) is 1.15. The normalized spacial score (nSPS) is 50.1. The zero-order valence-electron chi connectivity index (χ0n) is 8.43. The zero-order valence-corrected chi connectivity index (χ0v) is 8.43. The monoisotopic (exact) mass is 186 g/mol. The molecule has 2 aliphatic heterocycles. The minimum absolute atomic E-state index is 0.0451.